The smallest absolute Gasteiger partial charge is 0.332 e. The van der Waals surface area contributed by atoms with Gasteiger partial charge in [0.25, 0.3) is 0 Å². The van der Waals surface area contributed by atoms with Gasteiger partial charge in [-0.15, -0.1) is 0 Å². The molecule has 0 aromatic carbocycles. The Morgan fingerprint density at radius 3 is 2.67 bits per heavy atom. The average molecular weight is 171 g/mol. The van der Waals surface area contributed by atoms with Gasteiger partial charge in [-0.05, 0) is 19.3 Å². The van der Waals surface area contributed by atoms with Crippen molar-refractivity contribution in [1.82, 2.24) is 5.43 Å². The molecule has 0 fully saturated rings. The van der Waals surface area contributed by atoms with Crippen molar-refractivity contribution in [2.24, 2.45) is 16.8 Å². The number of nitrogens with two attached hydrogens (primary N) is 1. The van der Waals surface area contributed by atoms with Crippen LogP contribution in [0.1, 0.15) is 33.6 Å². The maximum Gasteiger partial charge on any atom is 0.332 e. The first-order valence-corrected chi connectivity index (χ1v) is 4.14. The van der Waals surface area contributed by atoms with E-state index in [2.05, 4.69) is 24.4 Å². The van der Waals surface area contributed by atoms with Crippen LogP contribution >= 0.6 is 0 Å². The van der Waals surface area contributed by atoms with Gasteiger partial charge in [-0.2, -0.15) is 5.10 Å². The number of carbonyl (C=O) groups is 1. The molecule has 3 N–H and O–H groups in total. The Kier molecular flexibility index (Phi) is 5.08. The van der Waals surface area contributed by atoms with Gasteiger partial charge in [-0.25, -0.2) is 10.2 Å². The van der Waals surface area contributed by atoms with Crippen molar-refractivity contribution in [2.75, 3.05) is 0 Å². The molecule has 1 unspecified atom stereocenters. The van der Waals surface area contributed by atoms with Gasteiger partial charge in [0.1, 0.15) is 0 Å². The van der Waals surface area contributed by atoms with Crippen molar-refractivity contribution >= 4 is 11.7 Å². The SMILES string of the molecule is CCC(C)C/C(C)=N\NC(N)=O. The Labute approximate surface area is 73.2 Å². The maximum absolute atomic E-state index is 10.3. The second-order valence-electron chi connectivity index (χ2n) is 3.04. The van der Waals surface area contributed by atoms with Gasteiger partial charge in [-0.1, -0.05) is 20.3 Å². The zero-order valence-electron chi connectivity index (χ0n) is 7.92. The molecule has 4 nitrogen and oxygen atoms in total. The molecule has 0 aromatic rings. The Morgan fingerprint density at radius 1 is 1.67 bits per heavy atom. The highest BCUT2D eigenvalue weighted by Gasteiger charge is 2.00. The number of carbonyl (C=O) groups excluding carboxylic acids is 1. The summed E-state index contributed by atoms with van der Waals surface area (Å²) in [6, 6.07) is -0.612. The number of nitrogens with zero attached hydrogens (tertiary/aromatic N) is 1. The van der Waals surface area contributed by atoms with Gasteiger partial charge in [0.2, 0.25) is 0 Å². The van der Waals surface area contributed by atoms with Crippen LogP contribution in [0.3, 0.4) is 0 Å². The van der Waals surface area contributed by atoms with E-state index in [0.717, 1.165) is 18.6 Å². The predicted molar refractivity (Wildman–Crippen MR) is 49.9 cm³/mol. The molecule has 0 heterocycles. The van der Waals surface area contributed by atoms with Crippen molar-refractivity contribution in [1.29, 1.82) is 0 Å². The van der Waals surface area contributed by atoms with Crippen LogP contribution in [0, 0.1) is 5.92 Å². The molecule has 0 bridgehead atoms. The van der Waals surface area contributed by atoms with Gasteiger partial charge in [0.05, 0.1) is 0 Å². The molecule has 0 aromatic heterocycles. The van der Waals surface area contributed by atoms with E-state index in [1.807, 2.05) is 6.92 Å². The molecule has 0 aliphatic rings. The number of hydrazone groups is 1. The highest BCUT2D eigenvalue weighted by atomic mass is 16.2. The van der Waals surface area contributed by atoms with E-state index in [9.17, 15) is 4.79 Å². The molecule has 0 radical (unpaired) electrons. The van der Waals surface area contributed by atoms with Crippen LogP contribution in [0.2, 0.25) is 0 Å². The predicted octanol–water partition coefficient (Wildman–Crippen LogP) is 1.47. The number of hydrogen-bond acceptors (Lipinski definition) is 2. The Bertz CT molecular complexity index is 177. The van der Waals surface area contributed by atoms with E-state index in [4.69, 9.17) is 5.73 Å². The lowest BCUT2D eigenvalue weighted by molar-refractivity contribution is 0.249. The molecule has 1 atom stereocenters. The standard InChI is InChI=1S/C8H17N3O/c1-4-6(2)5-7(3)10-11-8(9)12/h6H,4-5H2,1-3H3,(H3,9,11,12)/b10-7-. The van der Waals surface area contributed by atoms with Crippen LogP contribution < -0.4 is 11.2 Å². The van der Waals surface area contributed by atoms with E-state index in [1.165, 1.54) is 0 Å². The third-order valence-electron chi connectivity index (χ3n) is 1.70. The number of rotatable bonds is 4. The molecular weight excluding hydrogens is 154 g/mol. The highest BCUT2D eigenvalue weighted by Crippen LogP contribution is 2.06. The second-order valence-corrected chi connectivity index (χ2v) is 3.04. The number of primary amides is 1. The lowest BCUT2D eigenvalue weighted by Crippen LogP contribution is -2.25. The number of amides is 2. The van der Waals surface area contributed by atoms with Gasteiger partial charge in [-0.3, -0.25) is 0 Å². The van der Waals surface area contributed by atoms with Crippen LogP contribution in [-0.2, 0) is 0 Å². The minimum atomic E-state index is -0.612. The lowest BCUT2D eigenvalue weighted by Gasteiger charge is -2.06. The fraction of sp³-hybridized carbons (Fsp3) is 0.750. The second kappa shape index (κ2) is 5.57. The summed E-state index contributed by atoms with van der Waals surface area (Å²) in [5.74, 6) is 0.600. The van der Waals surface area contributed by atoms with Gasteiger partial charge in [0.15, 0.2) is 0 Å². The summed E-state index contributed by atoms with van der Waals surface area (Å²) in [6.07, 6.45) is 2.01. The first-order valence-electron chi connectivity index (χ1n) is 4.14. The van der Waals surface area contributed by atoms with E-state index in [0.29, 0.717) is 5.92 Å². The Morgan fingerprint density at radius 2 is 2.25 bits per heavy atom. The quantitative estimate of drug-likeness (QED) is 0.488. The molecule has 0 aliphatic carbocycles. The Balaban J connectivity index is 3.77. The molecule has 2 amide bonds. The summed E-state index contributed by atoms with van der Waals surface area (Å²) in [4.78, 5) is 10.3. The summed E-state index contributed by atoms with van der Waals surface area (Å²) >= 11 is 0. The largest absolute Gasteiger partial charge is 0.350 e. The molecule has 0 aliphatic heterocycles. The maximum atomic E-state index is 10.3. The molecule has 0 spiro atoms. The van der Waals surface area contributed by atoms with Crippen LogP contribution in [-0.4, -0.2) is 11.7 Å². The molecule has 12 heavy (non-hydrogen) atoms. The van der Waals surface area contributed by atoms with Gasteiger partial charge in [0, 0.05) is 5.71 Å². The summed E-state index contributed by atoms with van der Waals surface area (Å²) in [5.41, 5.74) is 7.95. The number of urea groups is 1. The molecular formula is C8H17N3O. The van der Waals surface area contributed by atoms with E-state index in [1.54, 1.807) is 0 Å². The van der Waals surface area contributed by atoms with E-state index in [-0.39, 0.29) is 0 Å². The molecule has 0 rings (SSSR count). The summed E-state index contributed by atoms with van der Waals surface area (Å²) in [7, 11) is 0. The van der Waals surface area contributed by atoms with Crippen molar-refractivity contribution < 1.29 is 4.79 Å². The fourth-order valence-corrected chi connectivity index (χ4v) is 0.845. The van der Waals surface area contributed by atoms with Crippen molar-refractivity contribution in [3.8, 4) is 0 Å². The van der Waals surface area contributed by atoms with Gasteiger partial charge >= 0.3 is 6.03 Å². The third kappa shape index (κ3) is 5.70. The summed E-state index contributed by atoms with van der Waals surface area (Å²) in [6.45, 7) is 6.14. The first kappa shape index (κ1) is 10.9. The van der Waals surface area contributed by atoms with E-state index >= 15 is 0 Å². The summed E-state index contributed by atoms with van der Waals surface area (Å²) < 4.78 is 0. The monoisotopic (exact) mass is 171 g/mol. The van der Waals surface area contributed by atoms with Crippen LogP contribution in [0.5, 0.6) is 0 Å². The van der Waals surface area contributed by atoms with Crippen LogP contribution in [0.25, 0.3) is 0 Å². The highest BCUT2D eigenvalue weighted by molar-refractivity contribution is 5.83. The van der Waals surface area contributed by atoms with Crippen LogP contribution in [0.15, 0.2) is 5.10 Å². The lowest BCUT2D eigenvalue weighted by atomic mass is 10.0. The molecule has 4 heteroatoms. The van der Waals surface area contributed by atoms with Crippen LogP contribution in [0.4, 0.5) is 4.79 Å². The first-order chi connectivity index (χ1) is 5.56. The Hall–Kier alpha value is -1.06. The molecule has 70 valence electrons. The summed E-state index contributed by atoms with van der Waals surface area (Å²) in [5, 5.41) is 3.80. The average Bonchev–Trinajstić information content (AvgIpc) is 2.00. The topological polar surface area (TPSA) is 67.5 Å². The zero-order valence-corrected chi connectivity index (χ0v) is 7.92. The van der Waals surface area contributed by atoms with Crippen molar-refractivity contribution in [2.45, 2.75) is 33.6 Å². The van der Waals surface area contributed by atoms with Crippen molar-refractivity contribution in [3.63, 3.8) is 0 Å². The van der Waals surface area contributed by atoms with E-state index < -0.39 is 6.03 Å². The minimum Gasteiger partial charge on any atom is -0.350 e. The van der Waals surface area contributed by atoms with Crippen molar-refractivity contribution in [3.05, 3.63) is 0 Å². The van der Waals surface area contributed by atoms with Gasteiger partial charge < -0.3 is 5.73 Å². The zero-order chi connectivity index (χ0) is 9.56. The third-order valence-corrected chi connectivity index (χ3v) is 1.70. The fourth-order valence-electron chi connectivity index (χ4n) is 0.845. The minimum absolute atomic E-state index is 0.600. The molecule has 0 saturated heterocycles. The number of nitrogens with one attached hydrogen (secondary N) is 1. The number of hydrogen-bond donors (Lipinski definition) is 2. The normalized spacial score (nSPS) is 14.1. The molecule has 0 saturated carbocycles.